The van der Waals surface area contributed by atoms with Gasteiger partial charge in [-0.25, -0.2) is 13.1 Å². The second kappa shape index (κ2) is 11.5. The van der Waals surface area contributed by atoms with Crippen LogP contribution in [0.4, 0.5) is 0 Å². The molecule has 10 heteroatoms. The van der Waals surface area contributed by atoms with Gasteiger partial charge in [-0.3, -0.25) is 15.0 Å². The minimum absolute atomic E-state index is 0.0562. The number of amides is 2. The lowest BCUT2D eigenvalue weighted by molar-refractivity contribution is -0.137. The third kappa shape index (κ3) is 6.52. The van der Waals surface area contributed by atoms with E-state index in [2.05, 4.69) is 10.0 Å². The van der Waals surface area contributed by atoms with Gasteiger partial charge in [-0.2, -0.15) is 0 Å². The van der Waals surface area contributed by atoms with E-state index >= 15 is 0 Å². The van der Waals surface area contributed by atoms with Crippen LogP contribution in [0.3, 0.4) is 0 Å². The number of sulfonamides is 1. The van der Waals surface area contributed by atoms with Crippen molar-refractivity contribution < 1.29 is 18.0 Å². The van der Waals surface area contributed by atoms with Crippen LogP contribution < -0.4 is 15.8 Å². The van der Waals surface area contributed by atoms with Crippen molar-refractivity contribution in [1.29, 1.82) is 5.41 Å². The molecule has 0 aliphatic carbocycles. The number of carbonyl (C=O) groups is 2. The van der Waals surface area contributed by atoms with Crippen LogP contribution in [-0.2, 0) is 26.0 Å². The number of carbonyl (C=O) groups excluding carboxylic acids is 2. The molecule has 9 nitrogen and oxygen atoms in total. The van der Waals surface area contributed by atoms with Gasteiger partial charge in [-0.15, -0.1) is 0 Å². The molecular formula is C27H31N5O4S. The smallest absolute Gasteiger partial charge is 0.245 e. The molecule has 0 radical (unpaired) electrons. The summed E-state index contributed by atoms with van der Waals surface area (Å²) in [6.07, 6.45) is 3.10. The summed E-state index contributed by atoms with van der Waals surface area (Å²) in [5.74, 6) is -0.848. The fourth-order valence-electron chi connectivity index (χ4n) is 4.50. The third-order valence-corrected chi connectivity index (χ3v) is 7.93. The molecular weight excluding hydrogens is 490 g/mol. The van der Waals surface area contributed by atoms with Crippen molar-refractivity contribution in [1.82, 2.24) is 14.9 Å². The molecule has 3 aromatic rings. The van der Waals surface area contributed by atoms with Gasteiger partial charge < -0.3 is 16.0 Å². The minimum Gasteiger partial charge on any atom is -0.384 e. The van der Waals surface area contributed by atoms with Crippen molar-refractivity contribution in [2.45, 2.75) is 36.6 Å². The van der Waals surface area contributed by atoms with Crippen LogP contribution in [0.15, 0.2) is 71.6 Å². The molecule has 5 N–H and O–H groups in total. The largest absolute Gasteiger partial charge is 0.384 e. The maximum absolute atomic E-state index is 13.3. The van der Waals surface area contributed by atoms with Crippen molar-refractivity contribution in [3.63, 3.8) is 0 Å². The molecule has 2 amide bonds. The molecule has 1 heterocycles. The van der Waals surface area contributed by atoms with Gasteiger partial charge in [0, 0.05) is 30.5 Å². The van der Waals surface area contributed by atoms with Crippen molar-refractivity contribution in [3.8, 4) is 0 Å². The summed E-state index contributed by atoms with van der Waals surface area (Å²) >= 11 is 0. The zero-order chi connectivity index (χ0) is 26.4. The molecule has 3 aromatic carbocycles. The van der Waals surface area contributed by atoms with Gasteiger partial charge in [0.2, 0.25) is 21.8 Å². The first-order chi connectivity index (χ1) is 17.7. The Kier molecular flexibility index (Phi) is 8.20. The van der Waals surface area contributed by atoms with Crippen molar-refractivity contribution >= 4 is 38.4 Å². The molecule has 0 aromatic heterocycles. The van der Waals surface area contributed by atoms with Gasteiger partial charge in [0.05, 0.1) is 11.4 Å². The van der Waals surface area contributed by atoms with Gasteiger partial charge in [0.15, 0.2) is 0 Å². The number of nitrogens with one attached hydrogen (secondary N) is 3. The molecule has 1 fully saturated rings. The summed E-state index contributed by atoms with van der Waals surface area (Å²) < 4.78 is 28.4. The Bertz CT molecular complexity index is 1390. The third-order valence-electron chi connectivity index (χ3n) is 6.47. The molecule has 1 atom stereocenters. The number of likely N-dealkylation sites (tertiary alicyclic amines) is 1. The van der Waals surface area contributed by atoms with Crippen LogP contribution in [0, 0.1) is 5.41 Å². The number of nitrogens with two attached hydrogens (primary N) is 1. The fraction of sp³-hybridized carbons (Fsp3) is 0.296. The highest BCUT2D eigenvalue weighted by Gasteiger charge is 2.28. The summed E-state index contributed by atoms with van der Waals surface area (Å²) in [5.41, 5.74) is 6.88. The highest BCUT2D eigenvalue weighted by molar-refractivity contribution is 7.89. The van der Waals surface area contributed by atoms with Gasteiger partial charge in [-0.1, -0.05) is 60.7 Å². The van der Waals surface area contributed by atoms with Crippen molar-refractivity contribution in [2.75, 3.05) is 19.6 Å². The summed E-state index contributed by atoms with van der Waals surface area (Å²) in [6, 6.07) is 18.2. The standard InChI is InChI=1S/C27H31N5O4S/c28-26(29)21-13-11-19(12-14-21)17-23(27(34)32-15-4-1-5-16-32)31-25(33)18-30-37(35,36)24-10-6-8-20-7-2-3-9-22(20)24/h2-3,6-14,23,30H,1,4-5,15-18H2,(H3,28,29)(H,31,33). The van der Waals surface area contributed by atoms with E-state index in [1.54, 1.807) is 47.4 Å². The van der Waals surface area contributed by atoms with E-state index in [1.807, 2.05) is 18.2 Å². The molecule has 0 bridgehead atoms. The molecule has 1 unspecified atom stereocenters. The number of hydrogen-bond donors (Lipinski definition) is 4. The lowest BCUT2D eigenvalue weighted by Crippen LogP contribution is -2.52. The van der Waals surface area contributed by atoms with E-state index in [0.717, 1.165) is 30.2 Å². The van der Waals surface area contributed by atoms with E-state index in [1.165, 1.54) is 6.07 Å². The highest BCUT2D eigenvalue weighted by Crippen LogP contribution is 2.22. The number of piperidine rings is 1. The maximum Gasteiger partial charge on any atom is 0.245 e. The molecule has 4 rings (SSSR count). The quantitative estimate of drug-likeness (QED) is 0.252. The van der Waals surface area contributed by atoms with Crippen molar-refractivity contribution in [3.05, 3.63) is 77.9 Å². The zero-order valence-corrected chi connectivity index (χ0v) is 21.3. The summed E-state index contributed by atoms with van der Waals surface area (Å²) in [5, 5.41) is 11.6. The number of nitrogen functional groups attached to an aromatic ring is 1. The SMILES string of the molecule is N=C(N)c1ccc(CC(NC(=O)CNS(=O)(=O)c2cccc3ccccc23)C(=O)N2CCCCC2)cc1. The van der Waals surface area contributed by atoms with Gasteiger partial charge in [0.1, 0.15) is 11.9 Å². The highest BCUT2D eigenvalue weighted by atomic mass is 32.2. The van der Waals surface area contributed by atoms with Crippen LogP contribution in [0.5, 0.6) is 0 Å². The lowest BCUT2D eigenvalue weighted by Gasteiger charge is -2.31. The van der Waals surface area contributed by atoms with E-state index in [-0.39, 0.29) is 23.1 Å². The Labute approximate surface area is 216 Å². The molecule has 1 aliphatic heterocycles. The summed E-state index contributed by atoms with van der Waals surface area (Å²) in [4.78, 5) is 28.0. The molecule has 1 saturated heterocycles. The van der Waals surface area contributed by atoms with Gasteiger partial charge >= 0.3 is 0 Å². The van der Waals surface area contributed by atoms with Crippen LogP contribution >= 0.6 is 0 Å². The van der Waals surface area contributed by atoms with Crippen LogP contribution in [-0.4, -0.2) is 56.6 Å². The number of nitrogens with zero attached hydrogens (tertiary/aromatic N) is 1. The summed E-state index contributed by atoms with van der Waals surface area (Å²) in [7, 11) is -3.97. The first-order valence-electron chi connectivity index (χ1n) is 12.2. The Morgan fingerprint density at radius 1 is 0.946 bits per heavy atom. The van der Waals surface area contributed by atoms with E-state index in [9.17, 15) is 18.0 Å². The number of rotatable bonds is 9. The average molecular weight is 522 g/mol. The Morgan fingerprint density at radius 2 is 1.62 bits per heavy atom. The Hall–Kier alpha value is -3.76. The van der Waals surface area contributed by atoms with Gasteiger partial charge in [0.25, 0.3) is 0 Å². The van der Waals surface area contributed by atoms with Crippen LogP contribution in [0.1, 0.15) is 30.4 Å². The van der Waals surface area contributed by atoms with Crippen LogP contribution in [0.2, 0.25) is 0 Å². The topological polar surface area (TPSA) is 145 Å². The first-order valence-corrected chi connectivity index (χ1v) is 13.7. The number of hydrogen-bond acceptors (Lipinski definition) is 5. The molecule has 1 aliphatic rings. The molecule has 37 heavy (non-hydrogen) atoms. The molecule has 0 saturated carbocycles. The van der Waals surface area contributed by atoms with E-state index in [0.29, 0.717) is 24.0 Å². The molecule has 194 valence electrons. The van der Waals surface area contributed by atoms with E-state index in [4.69, 9.17) is 11.1 Å². The lowest BCUT2D eigenvalue weighted by atomic mass is 10.0. The number of benzene rings is 3. The average Bonchev–Trinajstić information content (AvgIpc) is 2.91. The second-order valence-electron chi connectivity index (χ2n) is 9.12. The Balaban J connectivity index is 1.47. The normalized spacial score (nSPS) is 14.8. The van der Waals surface area contributed by atoms with Crippen LogP contribution in [0.25, 0.3) is 10.8 Å². The number of fused-ring (bicyclic) bond motifs is 1. The monoisotopic (exact) mass is 521 g/mol. The second-order valence-corrected chi connectivity index (χ2v) is 10.9. The summed E-state index contributed by atoms with van der Waals surface area (Å²) in [6.45, 7) is 0.753. The fourth-order valence-corrected chi connectivity index (χ4v) is 5.71. The first kappa shape index (κ1) is 26.3. The van der Waals surface area contributed by atoms with E-state index < -0.39 is 28.5 Å². The Morgan fingerprint density at radius 3 is 2.32 bits per heavy atom. The number of amidine groups is 1. The predicted molar refractivity (Wildman–Crippen MR) is 143 cm³/mol. The van der Waals surface area contributed by atoms with Crippen molar-refractivity contribution in [2.24, 2.45) is 5.73 Å². The minimum atomic E-state index is -3.97. The zero-order valence-electron chi connectivity index (χ0n) is 20.4. The predicted octanol–water partition coefficient (Wildman–Crippen LogP) is 2.14. The van der Waals surface area contributed by atoms with Gasteiger partial charge in [-0.05, 0) is 36.3 Å². The molecule has 0 spiro atoms. The maximum atomic E-state index is 13.3.